The number of hydrogen-bond donors (Lipinski definition) is 1. The van der Waals surface area contributed by atoms with E-state index in [1.807, 2.05) is 26.8 Å². The van der Waals surface area contributed by atoms with Gasteiger partial charge in [0.2, 0.25) is 0 Å². The molecule has 0 saturated carbocycles. The molecule has 142 valence electrons. The highest BCUT2D eigenvalue weighted by atomic mass is 16.5. The summed E-state index contributed by atoms with van der Waals surface area (Å²) >= 11 is 0. The standard InChI is InChI=1S/C21H28O5/c1-12(7-6-8-13(2)15(4)22)9-10-16-19(23)18-17(11-26-21(18)24)14(3)20(16)25-5/h9,13,23H,6-8,10-11H2,1-5H3/b12-9+. The molecule has 0 spiro atoms. The van der Waals surface area contributed by atoms with Crippen molar-refractivity contribution in [3.05, 3.63) is 33.9 Å². The molecule has 1 heterocycles. The Hall–Kier alpha value is -2.30. The predicted octanol–water partition coefficient (Wildman–Crippen LogP) is 4.26. The Morgan fingerprint density at radius 3 is 2.69 bits per heavy atom. The van der Waals surface area contributed by atoms with Crippen molar-refractivity contribution in [2.24, 2.45) is 5.92 Å². The fourth-order valence-electron chi connectivity index (χ4n) is 3.30. The normalized spacial score (nSPS) is 14.8. The number of esters is 1. The summed E-state index contributed by atoms with van der Waals surface area (Å²) in [5.41, 5.74) is 3.59. The molecular weight excluding hydrogens is 332 g/mol. The fourth-order valence-corrected chi connectivity index (χ4v) is 3.30. The van der Waals surface area contributed by atoms with E-state index in [1.165, 1.54) is 5.57 Å². The summed E-state index contributed by atoms with van der Waals surface area (Å²) in [5, 5.41) is 10.6. The number of aromatic hydroxyl groups is 1. The molecule has 1 aliphatic heterocycles. The summed E-state index contributed by atoms with van der Waals surface area (Å²) < 4.78 is 10.6. The van der Waals surface area contributed by atoms with Gasteiger partial charge in [-0.25, -0.2) is 4.79 Å². The van der Waals surface area contributed by atoms with Crippen LogP contribution in [0.5, 0.6) is 11.5 Å². The summed E-state index contributed by atoms with van der Waals surface area (Å²) in [6.45, 7) is 7.67. The molecule has 1 N–H and O–H groups in total. The van der Waals surface area contributed by atoms with Crippen LogP contribution < -0.4 is 4.74 Å². The number of fused-ring (bicyclic) bond motifs is 1. The number of ether oxygens (including phenoxy) is 2. The maximum Gasteiger partial charge on any atom is 0.342 e. The number of cyclic esters (lactones) is 1. The molecule has 26 heavy (non-hydrogen) atoms. The molecule has 0 amide bonds. The highest BCUT2D eigenvalue weighted by Crippen LogP contribution is 2.42. The van der Waals surface area contributed by atoms with E-state index in [-0.39, 0.29) is 29.6 Å². The maximum atomic E-state index is 11.9. The van der Waals surface area contributed by atoms with E-state index in [1.54, 1.807) is 14.0 Å². The second-order valence-corrected chi connectivity index (χ2v) is 7.07. The van der Waals surface area contributed by atoms with Crippen molar-refractivity contribution in [1.82, 2.24) is 0 Å². The Labute approximate surface area is 155 Å². The van der Waals surface area contributed by atoms with Crippen molar-refractivity contribution in [2.45, 2.75) is 60.0 Å². The molecule has 0 aliphatic carbocycles. The van der Waals surface area contributed by atoms with Crippen molar-refractivity contribution in [3.63, 3.8) is 0 Å². The number of carbonyl (C=O) groups is 2. The van der Waals surface area contributed by atoms with E-state index < -0.39 is 5.97 Å². The smallest absolute Gasteiger partial charge is 0.342 e. The Morgan fingerprint density at radius 2 is 2.08 bits per heavy atom. The number of allylic oxidation sites excluding steroid dienone is 2. The Balaban J connectivity index is 2.16. The third-order valence-corrected chi connectivity index (χ3v) is 5.20. The molecule has 2 rings (SSSR count). The zero-order valence-corrected chi connectivity index (χ0v) is 16.3. The van der Waals surface area contributed by atoms with Crippen molar-refractivity contribution in [3.8, 4) is 11.5 Å². The van der Waals surface area contributed by atoms with Gasteiger partial charge >= 0.3 is 5.97 Å². The summed E-state index contributed by atoms with van der Waals surface area (Å²) in [4.78, 5) is 23.2. The van der Waals surface area contributed by atoms with Crippen molar-refractivity contribution in [2.75, 3.05) is 7.11 Å². The van der Waals surface area contributed by atoms with Gasteiger partial charge in [0.15, 0.2) is 0 Å². The van der Waals surface area contributed by atoms with Crippen LogP contribution in [0.1, 0.15) is 67.1 Å². The van der Waals surface area contributed by atoms with Crippen LogP contribution in [-0.4, -0.2) is 24.0 Å². The largest absolute Gasteiger partial charge is 0.507 e. The van der Waals surface area contributed by atoms with Crippen molar-refractivity contribution >= 4 is 11.8 Å². The van der Waals surface area contributed by atoms with E-state index in [4.69, 9.17) is 9.47 Å². The number of hydrogen-bond acceptors (Lipinski definition) is 5. The van der Waals surface area contributed by atoms with E-state index in [0.29, 0.717) is 23.3 Å². The minimum absolute atomic E-state index is 0.0424. The molecule has 1 unspecified atom stereocenters. The molecule has 0 bridgehead atoms. The Morgan fingerprint density at radius 1 is 1.38 bits per heavy atom. The molecule has 0 aromatic heterocycles. The number of phenols is 1. The van der Waals surface area contributed by atoms with Gasteiger partial charge in [-0.3, -0.25) is 4.79 Å². The van der Waals surface area contributed by atoms with E-state index in [2.05, 4.69) is 0 Å². The van der Waals surface area contributed by atoms with Crippen LogP contribution >= 0.6 is 0 Å². The van der Waals surface area contributed by atoms with Gasteiger partial charge < -0.3 is 14.6 Å². The van der Waals surface area contributed by atoms with Gasteiger partial charge in [-0.15, -0.1) is 0 Å². The number of ketones is 1. The van der Waals surface area contributed by atoms with Crippen molar-refractivity contribution < 1.29 is 24.2 Å². The third-order valence-electron chi connectivity index (χ3n) is 5.20. The molecule has 1 aliphatic rings. The second-order valence-electron chi connectivity index (χ2n) is 7.07. The SMILES string of the molecule is COc1c(C)c2c(c(O)c1C/C=C(\C)CCCC(C)C(C)=O)C(=O)OC2. The first kappa shape index (κ1) is 20.0. The monoisotopic (exact) mass is 360 g/mol. The molecule has 0 radical (unpaired) electrons. The number of rotatable bonds is 8. The molecular formula is C21H28O5. The Bertz CT molecular complexity index is 746. The molecule has 5 nitrogen and oxygen atoms in total. The average molecular weight is 360 g/mol. The molecule has 5 heteroatoms. The Kier molecular flexibility index (Phi) is 6.46. The summed E-state index contributed by atoms with van der Waals surface area (Å²) in [5.74, 6) is 0.399. The number of methoxy groups -OCH3 is 1. The zero-order chi connectivity index (χ0) is 19.4. The number of carbonyl (C=O) groups excluding carboxylic acids is 2. The van der Waals surface area contributed by atoms with Gasteiger partial charge in [0.25, 0.3) is 0 Å². The number of benzene rings is 1. The topological polar surface area (TPSA) is 72.8 Å². The van der Waals surface area contributed by atoms with Gasteiger partial charge in [0.1, 0.15) is 29.5 Å². The van der Waals surface area contributed by atoms with Gasteiger partial charge in [-0.05, 0) is 52.0 Å². The minimum Gasteiger partial charge on any atom is -0.507 e. The molecule has 0 fully saturated rings. The first-order valence-corrected chi connectivity index (χ1v) is 9.02. The summed E-state index contributed by atoms with van der Waals surface area (Å²) in [6, 6.07) is 0. The minimum atomic E-state index is -0.483. The maximum absolute atomic E-state index is 11.9. The van der Waals surface area contributed by atoms with Crippen LogP contribution in [0.15, 0.2) is 11.6 Å². The molecule has 1 aromatic carbocycles. The molecule has 0 saturated heterocycles. The second kappa shape index (κ2) is 8.39. The zero-order valence-electron chi connectivity index (χ0n) is 16.3. The van der Waals surface area contributed by atoms with Gasteiger partial charge in [-0.2, -0.15) is 0 Å². The first-order valence-electron chi connectivity index (χ1n) is 9.02. The van der Waals surface area contributed by atoms with Gasteiger partial charge in [-0.1, -0.05) is 18.6 Å². The van der Waals surface area contributed by atoms with E-state index >= 15 is 0 Å². The van der Waals surface area contributed by atoms with Gasteiger partial charge in [0, 0.05) is 17.0 Å². The third kappa shape index (κ3) is 4.09. The number of phenolic OH excluding ortho intramolecular Hbond substituents is 1. The highest BCUT2D eigenvalue weighted by Gasteiger charge is 2.31. The van der Waals surface area contributed by atoms with Gasteiger partial charge in [0.05, 0.1) is 7.11 Å². The lowest BCUT2D eigenvalue weighted by Gasteiger charge is -2.15. The lowest BCUT2D eigenvalue weighted by Crippen LogP contribution is -2.05. The van der Waals surface area contributed by atoms with Crippen LogP contribution in [0.2, 0.25) is 0 Å². The van der Waals surface area contributed by atoms with Crippen LogP contribution in [0.3, 0.4) is 0 Å². The molecule has 1 aromatic rings. The number of Topliss-reactive ketones (excluding diaryl/α,β-unsaturated/α-hetero) is 1. The van der Waals surface area contributed by atoms with Crippen LogP contribution in [0.4, 0.5) is 0 Å². The van der Waals surface area contributed by atoms with Crippen LogP contribution in [0.25, 0.3) is 0 Å². The van der Waals surface area contributed by atoms with Crippen LogP contribution in [-0.2, 0) is 22.6 Å². The lowest BCUT2D eigenvalue weighted by atomic mass is 9.94. The average Bonchev–Trinajstić information content (AvgIpc) is 2.98. The van der Waals surface area contributed by atoms with E-state index in [9.17, 15) is 14.7 Å². The first-order chi connectivity index (χ1) is 12.3. The quantitative estimate of drug-likeness (QED) is 0.554. The van der Waals surface area contributed by atoms with E-state index in [0.717, 1.165) is 24.8 Å². The summed E-state index contributed by atoms with van der Waals surface area (Å²) in [6.07, 6.45) is 5.24. The summed E-state index contributed by atoms with van der Waals surface area (Å²) in [7, 11) is 1.56. The predicted molar refractivity (Wildman–Crippen MR) is 99.7 cm³/mol. The van der Waals surface area contributed by atoms with Crippen molar-refractivity contribution in [1.29, 1.82) is 0 Å². The highest BCUT2D eigenvalue weighted by molar-refractivity contribution is 5.98. The van der Waals surface area contributed by atoms with Crippen LogP contribution in [0, 0.1) is 12.8 Å². The fraction of sp³-hybridized carbons (Fsp3) is 0.524. The lowest BCUT2D eigenvalue weighted by molar-refractivity contribution is -0.120. The molecule has 1 atom stereocenters.